The molecule has 2 aromatic carbocycles. The van der Waals surface area contributed by atoms with Gasteiger partial charge < -0.3 is 4.74 Å². The highest BCUT2D eigenvalue weighted by atomic mass is 35.5. The molecule has 0 unspecified atom stereocenters. The second kappa shape index (κ2) is 7.47. The van der Waals surface area contributed by atoms with Crippen LogP contribution in [0.15, 0.2) is 48.5 Å². The van der Waals surface area contributed by atoms with Gasteiger partial charge in [0.15, 0.2) is 6.61 Å². The highest BCUT2D eigenvalue weighted by Crippen LogP contribution is 2.22. The van der Waals surface area contributed by atoms with Crippen molar-refractivity contribution in [2.24, 2.45) is 5.73 Å². The number of nitrogens with one attached hydrogen (secondary N) is 1. The predicted molar refractivity (Wildman–Crippen MR) is 83.5 cm³/mol. The highest BCUT2D eigenvalue weighted by molar-refractivity contribution is 6.32. The van der Waals surface area contributed by atoms with E-state index >= 15 is 0 Å². The number of benzene rings is 2. The summed E-state index contributed by atoms with van der Waals surface area (Å²) >= 11 is 5.91. The van der Waals surface area contributed by atoms with E-state index in [1.165, 1.54) is 0 Å². The van der Waals surface area contributed by atoms with Gasteiger partial charge in [-0.25, -0.2) is 4.79 Å². The molecule has 22 heavy (non-hydrogen) atoms. The van der Waals surface area contributed by atoms with Gasteiger partial charge in [0, 0.05) is 0 Å². The Morgan fingerprint density at radius 3 is 2.55 bits per heavy atom. The first-order valence-electron chi connectivity index (χ1n) is 6.59. The molecule has 2 rings (SSSR count). The van der Waals surface area contributed by atoms with Crippen LogP contribution in [0.4, 0.5) is 0 Å². The van der Waals surface area contributed by atoms with E-state index in [4.69, 9.17) is 26.9 Å². The Morgan fingerprint density at radius 2 is 1.86 bits per heavy atom. The number of para-hydroxylation sites is 1. The third-order valence-electron chi connectivity index (χ3n) is 2.82. The van der Waals surface area contributed by atoms with Crippen LogP contribution in [0.2, 0.25) is 5.02 Å². The van der Waals surface area contributed by atoms with Gasteiger partial charge >= 0.3 is 11.8 Å². The Labute approximate surface area is 133 Å². The van der Waals surface area contributed by atoms with Crippen LogP contribution in [-0.4, -0.2) is 18.4 Å². The largest absolute Gasteiger partial charge is 0.480 e. The van der Waals surface area contributed by atoms with Crippen LogP contribution >= 0.6 is 11.6 Å². The summed E-state index contributed by atoms with van der Waals surface area (Å²) in [6.07, 6.45) is 0. The first-order valence-corrected chi connectivity index (χ1v) is 6.96. The molecule has 0 aliphatic heterocycles. The number of hydrogen-bond donors (Lipinski definition) is 2. The number of carbonyl (C=O) groups is 1. The number of rotatable bonds is 5. The lowest BCUT2D eigenvalue weighted by atomic mass is 10.1. The van der Waals surface area contributed by atoms with Crippen molar-refractivity contribution in [1.82, 2.24) is 0 Å². The normalized spacial score (nSPS) is 11.1. The molecule has 6 heteroatoms. The van der Waals surface area contributed by atoms with E-state index in [1.807, 2.05) is 31.2 Å². The van der Waals surface area contributed by atoms with Gasteiger partial charge in [-0.2, -0.15) is 0 Å². The average molecular weight is 320 g/mol. The van der Waals surface area contributed by atoms with E-state index in [-0.39, 0.29) is 12.4 Å². The van der Waals surface area contributed by atoms with Crippen LogP contribution < -0.4 is 15.6 Å². The van der Waals surface area contributed by atoms with Gasteiger partial charge in [0.2, 0.25) is 0 Å². The summed E-state index contributed by atoms with van der Waals surface area (Å²) in [5.74, 6) is 0.0395. The second-order valence-corrected chi connectivity index (χ2v) is 4.98. The molecule has 0 amide bonds. The summed E-state index contributed by atoms with van der Waals surface area (Å²) < 4.78 is 5.26. The number of ether oxygens (including phenoxy) is 1. The summed E-state index contributed by atoms with van der Waals surface area (Å²) in [7, 11) is 0. The Kier molecular flexibility index (Phi) is 5.38. The van der Waals surface area contributed by atoms with Crippen LogP contribution in [0, 0.1) is 6.92 Å². The van der Waals surface area contributed by atoms with Gasteiger partial charge in [0.1, 0.15) is 5.75 Å². The van der Waals surface area contributed by atoms with Gasteiger partial charge in [-0.15, -0.1) is 0 Å². The molecule has 0 atom stereocenters. The van der Waals surface area contributed by atoms with Crippen molar-refractivity contribution in [3.05, 3.63) is 64.7 Å². The third-order valence-corrected chi connectivity index (χ3v) is 3.13. The number of nitrogens with two attached hydrogens (primary N) is 1. The molecule has 0 saturated heterocycles. The van der Waals surface area contributed by atoms with Crippen molar-refractivity contribution >= 4 is 23.4 Å². The quantitative estimate of drug-likeness (QED) is 0.373. The summed E-state index contributed by atoms with van der Waals surface area (Å²) in [6, 6.07) is 14.3. The Morgan fingerprint density at radius 1 is 1.18 bits per heavy atom. The zero-order chi connectivity index (χ0) is 15.9. The Balaban J connectivity index is 1.88. The third kappa shape index (κ3) is 4.49. The molecular weight excluding hydrogens is 304 g/mol. The maximum Gasteiger partial charge on any atom is 0.394 e. The summed E-state index contributed by atoms with van der Waals surface area (Å²) in [4.78, 5) is 16.4. The van der Waals surface area contributed by atoms with Gasteiger partial charge in [-0.1, -0.05) is 46.6 Å². The average Bonchev–Trinajstić information content (AvgIpc) is 2.52. The number of hydrogen-bond acceptors (Lipinski definition) is 3. The number of nitrogen functional groups attached to an aromatic ring is 1. The van der Waals surface area contributed by atoms with Gasteiger partial charge in [-0.05, 0) is 31.2 Å². The fourth-order valence-corrected chi connectivity index (χ4v) is 1.82. The first-order chi connectivity index (χ1) is 10.6. The van der Waals surface area contributed by atoms with Gasteiger partial charge in [-0.3, -0.25) is 10.6 Å². The van der Waals surface area contributed by atoms with E-state index < -0.39 is 5.97 Å². The molecule has 0 aliphatic rings. The maximum atomic E-state index is 11.6. The lowest BCUT2D eigenvalue weighted by Gasteiger charge is -2.05. The van der Waals surface area contributed by atoms with E-state index in [1.54, 1.807) is 24.3 Å². The Hall–Kier alpha value is -2.53. The summed E-state index contributed by atoms with van der Waals surface area (Å²) in [5.41, 5.74) is 7.63. The highest BCUT2D eigenvalue weighted by Gasteiger charge is 2.10. The van der Waals surface area contributed by atoms with Crippen molar-refractivity contribution < 1.29 is 19.5 Å². The van der Waals surface area contributed by atoms with Crippen LogP contribution in [0.5, 0.6) is 5.75 Å². The molecule has 0 fully saturated rings. The molecule has 5 nitrogen and oxygen atoms in total. The van der Waals surface area contributed by atoms with Crippen LogP contribution in [-0.2, 0) is 9.63 Å². The molecule has 3 N–H and O–H groups in total. The van der Waals surface area contributed by atoms with Gasteiger partial charge in [0.05, 0.1) is 10.6 Å². The monoisotopic (exact) mass is 319 g/mol. The zero-order valence-electron chi connectivity index (χ0n) is 12.0. The zero-order valence-corrected chi connectivity index (χ0v) is 12.8. The smallest absolute Gasteiger partial charge is 0.394 e. The molecule has 0 heterocycles. The molecule has 0 aliphatic carbocycles. The van der Waals surface area contributed by atoms with Crippen molar-refractivity contribution in [1.29, 1.82) is 0 Å². The SMILES string of the molecule is Cc1ccc(C(N)=[NH+]OC(=O)COc2ccccc2Cl)cc1. The van der Waals surface area contributed by atoms with Crippen molar-refractivity contribution in [3.8, 4) is 5.75 Å². The lowest BCUT2D eigenvalue weighted by molar-refractivity contribution is -0.724. The molecule has 0 bridgehead atoms. The number of amidine groups is 1. The summed E-state index contributed by atoms with van der Waals surface area (Å²) in [6.45, 7) is 1.69. The van der Waals surface area contributed by atoms with E-state index in [0.717, 1.165) is 11.1 Å². The minimum Gasteiger partial charge on any atom is -0.480 e. The molecular formula is C16H16ClN2O3+. The van der Waals surface area contributed by atoms with E-state index in [9.17, 15) is 4.79 Å². The van der Waals surface area contributed by atoms with E-state index in [0.29, 0.717) is 10.8 Å². The number of halogens is 1. The molecule has 2 aromatic rings. The second-order valence-electron chi connectivity index (χ2n) is 4.57. The standard InChI is InChI=1S/C16H15ClN2O3/c1-11-6-8-12(9-7-11)16(18)19-22-15(20)10-21-14-5-3-2-4-13(14)17/h2-9H,10H2,1H3,(H2,18,19)/p+1. The van der Waals surface area contributed by atoms with Crippen LogP contribution in [0.3, 0.4) is 0 Å². The van der Waals surface area contributed by atoms with Crippen LogP contribution in [0.25, 0.3) is 0 Å². The maximum absolute atomic E-state index is 11.6. The number of aryl methyl sites for hydroxylation is 1. The van der Waals surface area contributed by atoms with Crippen molar-refractivity contribution in [2.45, 2.75) is 6.92 Å². The predicted octanol–water partition coefficient (Wildman–Crippen LogP) is 0.972. The van der Waals surface area contributed by atoms with Crippen molar-refractivity contribution in [2.75, 3.05) is 6.61 Å². The molecule has 0 aromatic heterocycles. The van der Waals surface area contributed by atoms with Crippen LogP contribution in [0.1, 0.15) is 11.1 Å². The molecule has 0 spiro atoms. The lowest BCUT2D eigenvalue weighted by Crippen LogP contribution is -2.76. The molecule has 0 saturated carbocycles. The van der Waals surface area contributed by atoms with Crippen molar-refractivity contribution in [3.63, 3.8) is 0 Å². The number of carbonyl (C=O) groups excluding carboxylic acids is 1. The fourth-order valence-electron chi connectivity index (χ4n) is 1.63. The molecule has 114 valence electrons. The topological polar surface area (TPSA) is 75.5 Å². The summed E-state index contributed by atoms with van der Waals surface area (Å²) in [5, 5.41) is 2.83. The fraction of sp³-hybridized carbons (Fsp3) is 0.125. The molecule has 0 radical (unpaired) electrons. The minimum absolute atomic E-state index is 0.242. The minimum atomic E-state index is -0.616. The van der Waals surface area contributed by atoms with E-state index in [2.05, 4.69) is 5.16 Å². The Bertz CT molecular complexity index is 684. The first kappa shape index (κ1) is 15.9. The van der Waals surface area contributed by atoms with Gasteiger partial charge in [0.25, 0.3) is 0 Å².